The van der Waals surface area contributed by atoms with Crippen LogP contribution in [0, 0.1) is 19.7 Å². The van der Waals surface area contributed by atoms with Crippen molar-refractivity contribution in [3.63, 3.8) is 0 Å². The van der Waals surface area contributed by atoms with E-state index in [1.54, 1.807) is 13.8 Å². The van der Waals surface area contributed by atoms with Crippen molar-refractivity contribution in [3.05, 3.63) is 35.2 Å². The molecule has 0 saturated carbocycles. The number of ether oxygens (including phenoxy) is 1. The van der Waals surface area contributed by atoms with Gasteiger partial charge in [-0.05, 0) is 50.8 Å². The smallest absolute Gasteiger partial charge is 0.327 e. The van der Waals surface area contributed by atoms with Crippen LogP contribution in [0.25, 0.3) is 0 Å². The van der Waals surface area contributed by atoms with Crippen LogP contribution in [0.5, 0.6) is 5.75 Å². The molecule has 1 aliphatic heterocycles. The summed E-state index contributed by atoms with van der Waals surface area (Å²) in [5.74, 6) is -1.37. The fourth-order valence-corrected chi connectivity index (χ4v) is 4.54. The number of rotatable bonds is 4. The summed E-state index contributed by atoms with van der Waals surface area (Å²) in [5, 5.41) is 0. The van der Waals surface area contributed by atoms with E-state index in [0.29, 0.717) is 16.7 Å². The van der Waals surface area contributed by atoms with Crippen molar-refractivity contribution in [1.82, 2.24) is 4.72 Å². The third-order valence-corrected chi connectivity index (χ3v) is 5.89. The van der Waals surface area contributed by atoms with Crippen LogP contribution in [-0.2, 0) is 21.4 Å². The average molecular weight is 356 g/mol. The maximum Gasteiger partial charge on any atom is 0.327 e. The molecule has 2 rings (SSSR count). The second-order valence-electron chi connectivity index (χ2n) is 6.18. The van der Waals surface area contributed by atoms with Gasteiger partial charge in [-0.15, -0.1) is 6.58 Å². The van der Waals surface area contributed by atoms with Gasteiger partial charge < -0.3 is 4.74 Å². The molecule has 0 unspecified atom stereocenters. The first kappa shape index (κ1) is 18.3. The Morgan fingerprint density at radius 3 is 2.33 bits per heavy atom. The second kappa shape index (κ2) is 5.77. The first-order valence-electron chi connectivity index (χ1n) is 7.34. The lowest BCUT2D eigenvalue weighted by molar-refractivity contribution is -0.122. The van der Waals surface area contributed by atoms with E-state index in [-0.39, 0.29) is 17.9 Å². The summed E-state index contributed by atoms with van der Waals surface area (Å²) in [6.07, 6.45) is 1.76. The van der Waals surface area contributed by atoms with Crippen LogP contribution in [0.1, 0.15) is 30.5 Å². The maximum absolute atomic E-state index is 15.2. The Bertz CT molecular complexity index is 831. The largest absolute Gasteiger partial charge is 0.494 e. The number of methoxy groups -OCH3 is 1. The van der Waals surface area contributed by atoms with Gasteiger partial charge in [0.1, 0.15) is 17.0 Å². The number of carbonyl (C=O) groups excluding carboxylic acids is 1. The molecule has 1 saturated heterocycles. The highest BCUT2D eigenvalue weighted by Gasteiger charge is 2.52. The number of allylic oxidation sites excluding steroid dienone is 1. The van der Waals surface area contributed by atoms with Crippen molar-refractivity contribution in [3.8, 4) is 5.75 Å². The first-order valence-corrected chi connectivity index (χ1v) is 8.78. The fourth-order valence-electron chi connectivity index (χ4n) is 2.88. The van der Waals surface area contributed by atoms with E-state index in [9.17, 15) is 13.2 Å². The Morgan fingerprint density at radius 2 is 1.92 bits per heavy atom. The van der Waals surface area contributed by atoms with Gasteiger partial charge in [0, 0.05) is 0 Å². The molecule has 24 heavy (non-hydrogen) atoms. The molecule has 0 aromatic heterocycles. The number of hydrogen-bond donors (Lipinski definition) is 1. The van der Waals surface area contributed by atoms with Crippen LogP contribution in [0.4, 0.5) is 10.1 Å². The van der Waals surface area contributed by atoms with Crippen molar-refractivity contribution < 1.29 is 22.3 Å². The molecule has 0 spiro atoms. The van der Waals surface area contributed by atoms with Crippen LogP contribution in [-0.4, -0.2) is 27.0 Å². The molecule has 1 N–H and O–H groups in total. The number of halogens is 1. The van der Waals surface area contributed by atoms with Crippen LogP contribution in [0.15, 0.2) is 12.7 Å². The van der Waals surface area contributed by atoms with E-state index >= 15 is 4.39 Å². The predicted molar refractivity (Wildman–Crippen MR) is 89.9 cm³/mol. The van der Waals surface area contributed by atoms with Crippen molar-refractivity contribution >= 4 is 21.8 Å². The molecule has 132 valence electrons. The Labute approximate surface area is 141 Å². The van der Waals surface area contributed by atoms with Gasteiger partial charge in [0.05, 0.1) is 7.11 Å². The van der Waals surface area contributed by atoms with Crippen LogP contribution < -0.4 is 13.8 Å². The highest BCUT2D eigenvalue weighted by molar-refractivity contribution is 7.92. The molecular weight excluding hydrogens is 335 g/mol. The molecule has 1 amide bonds. The lowest BCUT2D eigenvalue weighted by Gasteiger charge is -2.31. The molecule has 1 heterocycles. The minimum Gasteiger partial charge on any atom is -0.494 e. The molecule has 0 bridgehead atoms. The second-order valence-corrected chi connectivity index (χ2v) is 7.70. The minimum absolute atomic E-state index is 0.0889. The summed E-state index contributed by atoms with van der Waals surface area (Å²) in [6.45, 7) is 9.88. The minimum atomic E-state index is -4.23. The van der Waals surface area contributed by atoms with Gasteiger partial charge in [-0.1, -0.05) is 6.08 Å². The Kier molecular flexibility index (Phi) is 4.39. The number of carbonyl (C=O) groups is 1. The monoisotopic (exact) mass is 356 g/mol. The van der Waals surface area contributed by atoms with Crippen molar-refractivity contribution in [2.45, 2.75) is 39.7 Å². The lowest BCUT2D eigenvalue weighted by atomic mass is 9.96. The van der Waals surface area contributed by atoms with E-state index in [0.717, 1.165) is 4.31 Å². The third kappa shape index (κ3) is 2.45. The zero-order chi connectivity index (χ0) is 18.4. The van der Waals surface area contributed by atoms with Crippen molar-refractivity contribution in [2.24, 2.45) is 0 Å². The summed E-state index contributed by atoms with van der Waals surface area (Å²) in [4.78, 5) is 12.1. The normalized spacial score (nSPS) is 18.4. The van der Waals surface area contributed by atoms with E-state index in [4.69, 9.17) is 4.74 Å². The van der Waals surface area contributed by atoms with Gasteiger partial charge in [0.2, 0.25) is 0 Å². The van der Waals surface area contributed by atoms with Crippen LogP contribution >= 0.6 is 0 Å². The third-order valence-electron chi connectivity index (χ3n) is 4.32. The van der Waals surface area contributed by atoms with E-state index in [1.165, 1.54) is 27.0 Å². The fraction of sp³-hybridized carbons (Fsp3) is 0.438. The standard InChI is InChI=1S/C16H21FN2O4S/c1-7-8-11-9(2)10(3)14(23-6)13(12(11)17)19-16(4,5)15(20)18-24(19,21)22/h7H,1,8H2,2-6H3,(H,18,20). The Balaban J connectivity index is 2.92. The quantitative estimate of drug-likeness (QED) is 0.839. The van der Waals surface area contributed by atoms with E-state index < -0.39 is 27.5 Å². The molecule has 0 atom stereocenters. The highest BCUT2D eigenvalue weighted by atomic mass is 32.2. The number of amides is 1. The van der Waals surface area contributed by atoms with E-state index in [1.807, 2.05) is 4.72 Å². The SMILES string of the molecule is C=CCc1c(C)c(C)c(OC)c(N2C(C)(C)C(=O)NS2(=O)=O)c1F. The summed E-state index contributed by atoms with van der Waals surface area (Å²) >= 11 is 0. The molecular formula is C16H21FN2O4S. The molecule has 6 nitrogen and oxygen atoms in total. The average Bonchev–Trinajstić information content (AvgIpc) is 2.64. The maximum atomic E-state index is 15.2. The lowest BCUT2D eigenvalue weighted by Crippen LogP contribution is -2.45. The number of hydrogen-bond acceptors (Lipinski definition) is 4. The van der Waals surface area contributed by atoms with Crippen molar-refractivity contribution in [2.75, 3.05) is 11.4 Å². The predicted octanol–water partition coefficient (Wildman–Crippen LogP) is 2.14. The Hall–Kier alpha value is -2.09. The van der Waals surface area contributed by atoms with E-state index in [2.05, 4.69) is 6.58 Å². The molecule has 1 aromatic carbocycles. The van der Waals surface area contributed by atoms with Crippen LogP contribution in [0.2, 0.25) is 0 Å². The summed E-state index contributed by atoms with van der Waals surface area (Å²) < 4.78 is 48.1. The first-order chi connectivity index (χ1) is 11.0. The molecule has 1 fully saturated rings. The summed E-state index contributed by atoms with van der Waals surface area (Å²) in [7, 11) is -2.89. The van der Waals surface area contributed by atoms with Crippen molar-refractivity contribution in [1.29, 1.82) is 0 Å². The van der Waals surface area contributed by atoms with Gasteiger partial charge in [0.25, 0.3) is 5.91 Å². The van der Waals surface area contributed by atoms with Gasteiger partial charge in [-0.25, -0.2) is 13.4 Å². The van der Waals surface area contributed by atoms with Gasteiger partial charge in [-0.3, -0.25) is 4.79 Å². The zero-order valence-corrected chi connectivity index (χ0v) is 15.2. The van der Waals surface area contributed by atoms with Crippen LogP contribution in [0.3, 0.4) is 0 Å². The molecule has 0 radical (unpaired) electrons. The zero-order valence-electron chi connectivity index (χ0n) is 14.4. The number of nitrogens with zero attached hydrogens (tertiary/aromatic N) is 1. The van der Waals surface area contributed by atoms with Gasteiger partial charge in [-0.2, -0.15) is 8.42 Å². The molecule has 0 aliphatic carbocycles. The van der Waals surface area contributed by atoms with Gasteiger partial charge in [0.15, 0.2) is 5.82 Å². The van der Waals surface area contributed by atoms with Gasteiger partial charge >= 0.3 is 10.2 Å². The Morgan fingerprint density at radius 1 is 1.33 bits per heavy atom. The molecule has 1 aromatic rings. The molecule has 1 aliphatic rings. The summed E-state index contributed by atoms with van der Waals surface area (Å²) in [5.41, 5.74) is -0.164. The number of benzene rings is 1. The topological polar surface area (TPSA) is 75.7 Å². The number of nitrogens with one attached hydrogen (secondary N) is 1. The summed E-state index contributed by atoms with van der Waals surface area (Å²) in [6, 6.07) is 0. The highest BCUT2D eigenvalue weighted by Crippen LogP contribution is 2.44. The number of anilines is 1. The molecule has 8 heteroatoms.